The highest BCUT2D eigenvalue weighted by molar-refractivity contribution is 6.94. The highest BCUT2D eigenvalue weighted by Crippen LogP contribution is 1.93. The molecule has 0 fully saturated rings. The van der Waals surface area contributed by atoms with Crippen molar-refractivity contribution in [2.75, 3.05) is 0 Å². The molecule has 0 spiro atoms. The second kappa shape index (κ2) is 4.10. The third-order valence-corrected chi connectivity index (χ3v) is 2.77. The topological polar surface area (TPSA) is 0 Å². The Morgan fingerprint density at radius 3 is 2.50 bits per heavy atom. The Bertz CT molecular complexity index is 243. The number of rotatable bonds is 0. The molecule has 0 amide bonds. The van der Waals surface area contributed by atoms with Crippen molar-refractivity contribution in [1.82, 2.24) is 0 Å². The molecule has 50 valence electrons. The van der Waals surface area contributed by atoms with Crippen LogP contribution in [0.25, 0.3) is 0 Å². The molecule has 0 atom stereocenters. The van der Waals surface area contributed by atoms with Crippen molar-refractivity contribution in [2.45, 2.75) is 0 Å². The first-order valence-corrected chi connectivity index (χ1v) is 9.84. The molecule has 0 N–H and O–H groups in total. The zero-order chi connectivity index (χ0) is 7.23. The SMILES string of the molecule is [SiH3][SiH2]C#Cc1ccccc1. The Morgan fingerprint density at radius 2 is 1.90 bits per heavy atom. The molecule has 0 unspecified atom stereocenters. The summed E-state index contributed by atoms with van der Waals surface area (Å²) in [5.41, 5.74) is 4.37. The highest BCUT2D eigenvalue weighted by atomic mass is 29.1. The van der Waals surface area contributed by atoms with Crippen LogP contribution >= 0.6 is 0 Å². The summed E-state index contributed by atoms with van der Waals surface area (Å²) in [7, 11) is 1.36. The summed E-state index contributed by atoms with van der Waals surface area (Å²) in [4.78, 5) is 0. The fourth-order valence-corrected chi connectivity index (χ4v) is 1.62. The van der Waals surface area contributed by atoms with Gasteiger partial charge in [-0.3, -0.25) is 0 Å². The van der Waals surface area contributed by atoms with Crippen LogP contribution in [0, 0.1) is 11.5 Å². The Balaban J connectivity index is 2.76. The molecule has 0 aliphatic heterocycles. The van der Waals surface area contributed by atoms with Gasteiger partial charge in [-0.1, -0.05) is 24.1 Å². The van der Waals surface area contributed by atoms with Gasteiger partial charge in [0.2, 0.25) is 0 Å². The molecule has 2 heteroatoms. The van der Waals surface area contributed by atoms with Crippen LogP contribution in [-0.2, 0) is 0 Å². The lowest BCUT2D eigenvalue weighted by Crippen LogP contribution is -1.80. The average molecular weight is 162 g/mol. The van der Waals surface area contributed by atoms with Crippen LogP contribution < -0.4 is 0 Å². The predicted molar refractivity (Wildman–Crippen MR) is 51.8 cm³/mol. The van der Waals surface area contributed by atoms with Gasteiger partial charge < -0.3 is 0 Å². The van der Waals surface area contributed by atoms with Gasteiger partial charge in [0.1, 0.15) is 0 Å². The van der Waals surface area contributed by atoms with Crippen molar-refractivity contribution < 1.29 is 0 Å². The average Bonchev–Trinajstić information content (AvgIpc) is 2.03. The first kappa shape index (κ1) is 7.32. The quantitative estimate of drug-likeness (QED) is 0.354. The Morgan fingerprint density at radius 1 is 1.20 bits per heavy atom. The highest BCUT2D eigenvalue weighted by Gasteiger charge is 1.78. The fourth-order valence-electron chi connectivity index (χ4n) is 0.712. The molecule has 0 aliphatic rings. The molecule has 1 aromatic carbocycles. The minimum Gasteiger partial charge on any atom is -0.138 e. The van der Waals surface area contributed by atoms with E-state index in [1.807, 2.05) is 18.2 Å². The van der Waals surface area contributed by atoms with E-state index >= 15 is 0 Å². The third kappa shape index (κ3) is 2.21. The Hall–Kier alpha value is -0.786. The van der Waals surface area contributed by atoms with Crippen molar-refractivity contribution in [2.24, 2.45) is 0 Å². The molecule has 0 saturated heterocycles. The van der Waals surface area contributed by atoms with Gasteiger partial charge in [0.05, 0.1) is 9.04 Å². The van der Waals surface area contributed by atoms with E-state index in [-0.39, 0.29) is 9.04 Å². The molecule has 0 aliphatic carbocycles. The largest absolute Gasteiger partial charge is 0.138 e. The van der Waals surface area contributed by atoms with Gasteiger partial charge in [0.25, 0.3) is 0 Å². The summed E-state index contributed by atoms with van der Waals surface area (Å²) >= 11 is 0. The van der Waals surface area contributed by atoms with Crippen LogP contribution in [-0.4, -0.2) is 18.8 Å². The van der Waals surface area contributed by atoms with E-state index in [1.54, 1.807) is 0 Å². The third-order valence-electron chi connectivity index (χ3n) is 1.18. The molecule has 0 radical (unpaired) electrons. The van der Waals surface area contributed by atoms with Crippen molar-refractivity contribution in [3.63, 3.8) is 0 Å². The zero-order valence-corrected chi connectivity index (χ0v) is 9.51. The van der Waals surface area contributed by atoms with Crippen LogP contribution in [0.15, 0.2) is 30.3 Å². The van der Waals surface area contributed by atoms with Gasteiger partial charge in [-0.25, -0.2) is 0 Å². The molecular formula is C8H10Si2. The standard InChI is InChI=1S/C8H10Si2/c9-10-7-6-8-4-2-1-3-5-8/h1-5H,10H2,9H3. The molecule has 0 bridgehead atoms. The van der Waals surface area contributed by atoms with Crippen molar-refractivity contribution in [3.8, 4) is 11.5 Å². The minimum absolute atomic E-state index is 0.0479. The maximum absolute atomic E-state index is 3.22. The van der Waals surface area contributed by atoms with E-state index < -0.39 is 0 Å². The van der Waals surface area contributed by atoms with Gasteiger partial charge >= 0.3 is 0 Å². The normalized spacial score (nSPS) is 9.60. The summed E-state index contributed by atoms with van der Waals surface area (Å²) in [6.07, 6.45) is 0. The number of benzene rings is 1. The predicted octanol–water partition coefficient (Wildman–Crippen LogP) is -0.555. The Kier molecular flexibility index (Phi) is 3.00. The summed E-state index contributed by atoms with van der Waals surface area (Å²) in [6.45, 7) is 0. The molecule has 0 nitrogen and oxygen atoms in total. The first-order chi connectivity index (χ1) is 4.93. The van der Waals surface area contributed by atoms with Gasteiger partial charge in [-0.2, -0.15) is 0 Å². The van der Waals surface area contributed by atoms with Crippen LogP contribution in [0.4, 0.5) is 0 Å². The number of hydrogen-bond acceptors (Lipinski definition) is 0. The van der Waals surface area contributed by atoms with E-state index in [9.17, 15) is 0 Å². The molecule has 10 heavy (non-hydrogen) atoms. The zero-order valence-electron chi connectivity index (χ0n) is 6.09. The van der Waals surface area contributed by atoms with Gasteiger partial charge in [-0.15, -0.1) is 5.54 Å². The Labute approximate surface area is 66.7 Å². The van der Waals surface area contributed by atoms with Crippen LogP contribution in [0.5, 0.6) is 0 Å². The molecular weight excluding hydrogens is 152 g/mol. The lowest BCUT2D eigenvalue weighted by molar-refractivity contribution is 1.65. The van der Waals surface area contributed by atoms with Crippen LogP contribution in [0.3, 0.4) is 0 Å². The van der Waals surface area contributed by atoms with Crippen LogP contribution in [0.2, 0.25) is 0 Å². The van der Waals surface area contributed by atoms with E-state index in [4.69, 9.17) is 0 Å². The van der Waals surface area contributed by atoms with E-state index in [0.717, 1.165) is 5.56 Å². The molecule has 1 rings (SSSR count). The van der Waals surface area contributed by atoms with Gasteiger partial charge in [0.15, 0.2) is 0 Å². The van der Waals surface area contributed by atoms with E-state index in [2.05, 4.69) is 23.6 Å². The first-order valence-electron chi connectivity index (χ1n) is 3.47. The molecule has 0 saturated carbocycles. The summed E-state index contributed by atoms with van der Waals surface area (Å²) in [5.74, 6) is 3.14. The van der Waals surface area contributed by atoms with Crippen LogP contribution in [0.1, 0.15) is 5.56 Å². The summed E-state index contributed by atoms with van der Waals surface area (Å²) < 4.78 is 0. The second-order valence-corrected chi connectivity index (χ2v) is 5.20. The lowest BCUT2D eigenvalue weighted by atomic mass is 10.2. The van der Waals surface area contributed by atoms with E-state index in [0.29, 0.717) is 0 Å². The summed E-state index contributed by atoms with van der Waals surface area (Å²) in [5, 5.41) is 0. The fraction of sp³-hybridized carbons (Fsp3) is 0. The van der Waals surface area contributed by atoms with Crippen molar-refractivity contribution >= 4 is 18.8 Å². The van der Waals surface area contributed by atoms with Crippen molar-refractivity contribution in [3.05, 3.63) is 35.9 Å². The van der Waals surface area contributed by atoms with Gasteiger partial charge in [-0.05, 0) is 12.1 Å². The maximum atomic E-state index is 3.22. The smallest absolute Gasteiger partial charge is 0.0888 e. The lowest BCUT2D eigenvalue weighted by Gasteiger charge is -1.84. The van der Waals surface area contributed by atoms with Gasteiger partial charge in [0, 0.05) is 15.3 Å². The molecule has 0 heterocycles. The molecule has 0 aromatic heterocycles. The minimum atomic E-state index is 0.0479. The molecule has 1 aromatic rings. The maximum Gasteiger partial charge on any atom is 0.0888 e. The second-order valence-electron chi connectivity index (χ2n) is 2.02. The number of hydrogen-bond donors (Lipinski definition) is 0. The van der Waals surface area contributed by atoms with E-state index in [1.165, 1.54) is 9.76 Å². The monoisotopic (exact) mass is 162 g/mol. The van der Waals surface area contributed by atoms with Crippen molar-refractivity contribution in [1.29, 1.82) is 0 Å². The summed E-state index contributed by atoms with van der Waals surface area (Å²) in [6, 6.07) is 10.2.